The fraction of sp³-hybridized carbons (Fsp3) is 0.350. The average Bonchev–Trinajstić information content (AvgIpc) is 3.30. The van der Waals surface area contributed by atoms with E-state index in [-0.39, 0.29) is 0 Å². The van der Waals surface area contributed by atoms with Crippen molar-refractivity contribution < 1.29 is 4.74 Å². The van der Waals surface area contributed by atoms with Crippen LogP contribution in [0, 0.1) is 5.92 Å². The second-order valence-corrected chi connectivity index (χ2v) is 7.99. The van der Waals surface area contributed by atoms with Gasteiger partial charge in [-0.2, -0.15) is 0 Å². The SMILES string of the molecule is c1ccc2sc(Oc3ccc(CN4CC5CCNC5C4)cc3)nc2c1. The molecule has 4 nitrogen and oxygen atoms in total. The van der Waals surface area contributed by atoms with Gasteiger partial charge < -0.3 is 10.1 Å². The molecule has 5 rings (SSSR count). The Hall–Kier alpha value is -1.95. The van der Waals surface area contributed by atoms with Crippen molar-refractivity contribution in [2.75, 3.05) is 19.6 Å². The maximum atomic E-state index is 5.93. The van der Waals surface area contributed by atoms with E-state index in [0.717, 1.165) is 28.4 Å². The van der Waals surface area contributed by atoms with E-state index in [1.165, 1.54) is 31.6 Å². The summed E-state index contributed by atoms with van der Waals surface area (Å²) in [6.45, 7) is 4.62. The summed E-state index contributed by atoms with van der Waals surface area (Å²) >= 11 is 1.58. The summed E-state index contributed by atoms with van der Waals surface area (Å²) < 4.78 is 7.09. The monoisotopic (exact) mass is 351 g/mol. The zero-order valence-corrected chi connectivity index (χ0v) is 14.8. The lowest BCUT2D eigenvalue weighted by molar-refractivity contribution is 0.306. The van der Waals surface area contributed by atoms with Gasteiger partial charge in [0.2, 0.25) is 0 Å². The predicted molar refractivity (Wildman–Crippen MR) is 101 cm³/mol. The summed E-state index contributed by atoms with van der Waals surface area (Å²) in [5.74, 6) is 1.70. The van der Waals surface area contributed by atoms with Gasteiger partial charge in [0, 0.05) is 25.7 Å². The van der Waals surface area contributed by atoms with Gasteiger partial charge >= 0.3 is 0 Å². The van der Waals surface area contributed by atoms with Gasteiger partial charge in [-0.15, -0.1) is 0 Å². The molecule has 2 atom stereocenters. The molecule has 0 spiro atoms. The summed E-state index contributed by atoms with van der Waals surface area (Å²) in [6, 6.07) is 17.3. The second-order valence-electron chi connectivity index (χ2n) is 7.00. The molecule has 128 valence electrons. The van der Waals surface area contributed by atoms with Gasteiger partial charge in [0.1, 0.15) is 5.75 Å². The molecule has 0 bridgehead atoms. The fourth-order valence-electron chi connectivity index (χ4n) is 3.98. The van der Waals surface area contributed by atoms with Crippen LogP contribution in [0.1, 0.15) is 12.0 Å². The first-order chi connectivity index (χ1) is 12.3. The number of nitrogens with one attached hydrogen (secondary N) is 1. The third-order valence-electron chi connectivity index (χ3n) is 5.25. The molecule has 0 aliphatic carbocycles. The van der Waals surface area contributed by atoms with Gasteiger partial charge in [-0.25, -0.2) is 4.98 Å². The number of aromatic nitrogens is 1. The first-order valence-electron chi connectivity index (χ1n) is 8.91. The molecule has 25 heavy (non-hydrogen) atoms. The molecule has 0 saturated carbocycles. The van der Waals surface area contributed by atoms with Crippen LogP contribution in [0.15, 0.2) is 48.5 Å². The molecule has 2 aromatic carbocycles. The molecule has 1 aromatic heterocycles. The van der Waals surface area contributed by atoms with Gasteiger partial charge in [0.15, 0.2) is 0 Å². The molecule has 2 fully saturated rings. The smallest absolute Gasteiger partial charge is 0.279 e. The molecular weight excluding hydrogens is 330 g/mol. The maximum Gasteiger partial charge on any atom is 0.279 e. The van der Waals surface area contributed by atoms with Crippen LogP contribution >= 0.6 is 11.3 Å². The minimum absolute atomic E-state index is 0.701. The molecule has 2 saturated heterocycles. The van der Waals surface area contributed by atoms with Gasteiger partial charge in [-0.3, -0.25) is 4.90 Å². The Labute approximate surface area is 151 Å². The zero-order chi connectivity index (χ0) is 16.6. The Kier molecular flexibility index (Phi) is 3.93. The van der Waals surface area contributed by atoms with Crippen molar-refractivity contribution in [3.05, 3.63) is 54.1 Å². The Balaban J connectivity index is 1.24. The van der Waals surface area contributed by atoms with Gasteiger partial charge in [-0.05, 0) is 48.7 Å². The Morgan fingerprint density at radius 3 is 2.84 bits per heavy atom. The molecule has 1 N–H and O–H groups in total. The molecule has 5 heteroatoms. The lowest BCUT2D eigenvalue weighted by Crippen LogP contribution is -2.29. The number of fused-ring (bicyclic) bond motifs is 2. The van der Waals surface area contributed by atoms with Crippen molar-refractivity contribution in [3.8, 4) is 10.9 Å². The van der Waals surface area contributed by atoms with Crippen LogP contribution in [0.4, 0.5) is 0 Å². The molecule has 0 radical (unpaired) electrons. The molecule has 2 unspecified atom stereocenters. The third kappa shape index (κ3) is 3.15. The number of hydrogen-bond donors (Lipinski definition) is 1. The van der Waals surface area contributed by atoms with Crippen molar-refractivity contribution in [1.29, 1.82) is 0 Å². The Morgan fingerprint density at radius 2 is 2.00 bits per heavy atom. The molecule has 2 aliphatic rings. The van der Waals surface area contributed by atoms with Crippen LogP contribution in [0.2, 0.25) is 0 Å². The van der Waals surface area contributed by atoms with E-state index in [2.05, 4.69) is 45.5 Å². The lowest BCUT2D eigenvalue weighted by Gasteiger charge is -2.17. The number of nitrogens with zero attached hydrogens (tertiary/aromatic N) is 2. The van der Waals surface area contributed by atoms with Crippen LogP contribution in [0.5, 0.6) is 10.9 Å². The van der Waals surface area contributed by atoms with Crippen LogP contribution in [0.25, 0.3) is 10.2 Å². The summed E-state index contributed by atoms with van der Waals surface area (Å²) in [5, 5.41) is 4.32. The molecular formula is C20H21N3OS. The third-order valence-corrected chi connectivity index (χ3v) is 6.16. The van der Waals surface area contributed by atoms with Gasteiger partial charge in [-0.1, -0.05) is 35.6 Å². The molecule has 3 aromatic rings. The average molecular weight is 351 g/mol. The highest BCUT2D eigenvalue weighted by Gasteiger charge is 2.35. The molecule has 0 amide bonds. The maximum absolute atomic E-state index is 5.93. The number of likely N-dealkylation sites (tertiary alicyclic amines) is 1. The molecule has 3 heterocycles. The van der Waals surface area contributed by atoms with Crippen LogP contribution < -0.4 is 10.1 Å². The lowest BCUT2D eigenvalue weighted by atomic mass is 10.1. The van der Waals surface area contributed by atoms with E-state index in [9.17, 15) is 0 Å². The first kappa shape index (κ1) is 15.3. The summed E-state index contributed by atoms with van der Waals surface area (Å²) in [7, 11) is 0. The van der Waals surface area contributed by atoms with E-state index in [1.807, 2.05) is 18.2 Å². The number of thiazole rings is 1. The zero-order valence-electron chi connectivity index (χ0n) is 14.0. The second kappa shape index (κ2) is 6.41. The Morgan fingerprint density at radius 1 is 1.12 bits per heavy atom. The number of ether oxygens (including phenoxy) is 1. The Bertz CT molecular complexity index is 831. The minimum atomic E-state index is 0.701. The quantitative estimate of drug-likeness (QED) is 0.774. The first-order valence-corrected chi connectivity index (χ1v) is 9.73. The van der Waals surface area contributed by atoms with E-state index < -0.39 is 0 Å². The highest BCUT2D eigenvalue weighted by molar-refractivity contribution is 7.20. The highest BCUT2D eigenvalue weighted by Crippen LogP contribution is 2.31. The summed E-state index contributed by atoms with van der Waals surface area (Å²) in [5.41, 5.74) is 2.34. The van der Waals surface area contributed by atoms with E-state index >= 15 is 0 Å². The van der Waals surface area contributed by atoms with Crippen molar-refractivity contribution in [1.82, 2.24) is 15.2 Å². The van der Waals surface area contributed by atoms with Crippen molar-refractivity contribution >= 4 is 21.6 Å². The normalized spacial score (nSPS) is 23.2. The highest BCUT2D eigenvalue weighted by atomic mass is 32.1. The minimum Gasteiger partial charge on any atom is -0.431 e. The predicted octanol–water partition coefficient (Wildman–Crippen LogP) is 3.88. The van der Waals surface area contributed by atoms with Crippen molar-refractivity contribution in [2.45, 2.75) is 19.0 Å². The van der Waals surface area contributed by atoms with Gasteiger partial charge in [0.05, 0.1) is 10.2 Å². The number of hydrogen-bond acceptors (Lipinski definition) is 5. The van der Waals surface area contributed by atoms with Crippen molar-refractivity contribution in [2.24, 2.45) is 5.92 Å². The number of rotatable bonds is 4. The topological polar surface area (TPSA) is 37.4 Å². The van der Waals surface area contributed by atoms with E-state index in [1.54, 1.807) is 11.3 Å². The van der Waals surface area contributed by atoms with Crippen molar-refractivity contribution in [3.63, 3.8) is 0 Å². The van der Waals surface area contributed by atoms with Gasteiger partial charge in [0.25, 0.3) is 5.19 Å². The molecule has 2 aliphatic heterocycles. The summed E-state index contributed by atoms with van der Waals surface area (Å²) in [6.07, 6.45) is 1.33. The number of para-hydroxylation sites is 1. The standard InChI is InChI=1S/C20H21N3OS/c1-2-4-19-17(3-1)22-20(25-19)24-16-7-5-14(6-8-16)11-23-12-15-9-10-21-18(15)13-23/h1-8,15,18,21H,9-13H2. The van der Waals surface area contributed by atoms with E-state index in [0.29, 0.717) is 11.2 Å². The number of benzene rings is 2. The summed E-state index contributed by atoms with van der Waals surface area (Å²) in [4.78, 5) is 7.09. The largest absolute Gasteiger partial charge is 0.431 e. The fourth-order valence-corrected chi connectivity index (χ4v) is 4.82. The van der Waals surface area contributed by atoms with Crippen LogP contribution in [0.3, 0.4) is 0 Å². The van der Waals surface area contributed by atoms with Crippen LogP contribution in [-0.4, -0.2) is 35.6 Å². The van der Waals surface area contributed by atoms with Crippen LogP contribution in [-0.2, 0) is 6.54 Å². The van der Waals surface area contributed by atoms with E-state index in [4.69, 9.17) is 4.74 Å².